The molecule has 0 aromatic heterocycles. The van der Waals surface area contributed by atoms with Gasteiger partial charge in [0.25, 0.3) is 0 Å². The van der Waals surface area contributed by atoms with Crippen molar-refractivity contribution in [2.45, 2.75) is 20.1 Å². The van der Waals surface area contributed by atoms with Crippen molar-refractivity contribution in [1.82, 2.24) is 10.2 Å². The SMILES string of the molecule is COc1cc(CNCCN2CCOCC2)ccc1OCc1ccccc1C. The summed E-state index contributed by atoms with van der Waals surface area (Å²) in [6, 6.07) is 14.4. The Morgan fingerprint density at radius 1 is 1.07 bits per heavy atom. The molecule has 0 radical (unpaired) electrons. The van der Waals surface area contributed by atoms with Crippen molar-refractivity contribution in [3.63, 3.8) is 0 Å². The molecular formula is C22H30N2O3. The van der Waals surface area contributed by atoms with Crippen molar-refractivity contribution in [2.24, 2.45) is 0 Å². The number of nitrogens with one attached hydrogen (secondary N) is 1. The molecule has 0 atom stereocenters. The molecule has 0 aliphatic carbocycles. The van der Waals surface area contributed by atoms with Gasteiger partial charge < -0.3 is 19.5 Å². The number of nitrogens with zero attached hydrogens (tertiary/aromatic N) is 1. The monoisotopic (exact) mass is 370 g/mol. The molecular weight excluding hydrogens is 340 g/mol. The van der Waals surface area contributed by atoms with Gasteiger partial charge in [-0.15, -0.1) is 0 Å². The second-order valence-corrected chi connectivity index (χ2v) is 6.83. The summed E-state index contributed by atoms with van der Waals surface area (Å²) in [5.41, 5.74) is 3.61. The van der Waals surface area contributed by atoms with Crippen LogP contribution in [0.4, 0.5) is 0 Å². The van der Waals surface area contributed by atoms with E-state index < -0.39 is 0 Å². The summed E-state index contributed by atoms with van der Waals surface area (Å²) in [7, 11) is 1.69. The molecule has 1 aliphatic heterocycles. The van der Waals surface area contributed by atoms with Gasteiger partial charge in [0.15, 0.2) is 11.5 Å². The molecule has 2 aromatic carbocycles. The van der Waals surface area contributed by atoms with Crippen molar-refractivity contribution < 1.29 is 14.2 Å². The maximum Gasteiger partial charge on any atom is 0.161 e. The number of ether oxygens (including phenoxy) is 3. The minimum Gasteiger partial charge on any atom is -0.493 e. The van der Waals surface area contributed by atoms with Gasteiger partial charge in [-0.3, -0.25) is 4.90 Å². The third-order valence-electron chi connectivity index (χ3n) is 4.91. The lowest BCUT2D eigenvalue weighted by molar-refractivity contribution is 0.0384. The molecule has 3 rings (SSSR count). The predicted molar refractivity (Wildman–Crippen MR) is 107 cm³/mol. The van der Waals surface area contributed by atoms with Gasteiger partial charge in [-0.2, -0.15) is 0 Å². The van der Waals surface area contributed by atoms with E-state index in [0.717, 1.165) is 57.4 Å². The fraction of sp³-hybridized carbons (Fsp3) is 0.455. The van der Waals surface area contributed by atoms with Crippen molar-refractivity contribution >= 4 is 0 Å². The molecule has 1 saturated heterocycles. The molecule has 1 N–H and O–H groups in total. The molecule has 146 valence electrons. The van der Waals surface area contributed by atoms with Crippen LogP contribution in [0, 0.1) is 6.92 Å². The molecule has 1 heterocycles. The molecule has 27 heavy (non-hydrogen) atoms. The largest absolute Gasteiger partial charge is 0.493 e. The van der Waals surface area contributed by atoms with E-state index in [1.165, 1.54) is 16.7 Å². The number of methoxy groups -OCH3 is 1. The molecule has 5 heteroatoms. The van der Waals surface area contributed by atoms with E-state index >= 15 is 0 Å². The molecule has 1 fully saturated rings. The van der Waals surface area contributed by atoms with Crippen LogP contribution in [0.1, 0.15) is 16.7 Å². The Balaban J connectivity index is 1.48. The van der Waals surface area contributed by atoms with Gasteiger partial charge >= 0.3 is 0 Å². The Bertz CT molecular complexity index is 714. The zero-order chi connectivity index (χ0) is 18.9. The van der Waals surface area contributed by atoms with E-state index in [0.29, 0.717) is 6.61 Å². The van der Waals surface area contributed by atoms with Gasteiger partial charge in [0, 0.05) is 32.7 Å². The van der Waals surface area contributed by atoms with Crippen LogP contribution in [-0.2, 0) is 17.9 Å². The van der Waals surface area contributed by atoms with E-state index in [1.807, 2.05) is 18.2 Å². The maximum atomic E-state index is 5.99. The first-order valence-corrected chi connectivity index (χ1v) is 9.61. The van der Waals surface area contributed by atoms with Crippen LogP contribution in [-0.4, -0.2) is 51.4 Å². The van der Waals surface area contributed by atoms with Crippen LogP contribution in [0.15, 0.2) is 42.5 Å². The molecule has 2 aromatic rings. The van der Waals surface area contributed by atoms with Gasteiger partial charge in [0.2, 0.25) is 0 Å². The Hall–Kier alpha value is -2.08. The molecule has 0 spiro atoms. The average molecular weight is 370 g/mol. The Morgan fingerprint density at radius 2 is 1.89 bits per heavy atom. The van der Waals surface area contributed by atoms with E-state index in [4.69, 9.17) is 14.2 Å². The van der Waals surface area contributed by atoms with Crippen LogP contribution < -0.4 is 14.8 Å². The average Bonchev–Trinajstić information content (AvgIpc) is 2.72. The minimum atomic E-state index is 0.542. The number of morpholine rings is 1. The van der Waals surface area contributed by atoms with E-state index in [2.05, 4.69) is 41.4 Å². The van der Waals surface area contributed by atoms with Crippen LogP contribution >= 0.6 is 0 Å². The first-order chi connectivity index (χ1) is 13.3. The van der Waals surface area contributed by atoms with Gasteiger partial charge in [-0.1, -0.05) is 30.3 Å². The fourth-order valence-electron chi connectivity index (χ4n) is 3.16. The van der Waals surface area contributed by atoms with Gasteiger partial charge in [0.05, 0.1) is 20.3 Å². The summed E-state index contributed by atoms with van der Waals surface area (Å²) >= 11 is 0. The zero-order valence-electron chi connectivity index (χ0n) is 16.4. The molecule has 0 unspecified atom stereocenters. The van der Waals surface area contributed by atoms with Crippen LogP contribution in [0.2, 0.25) is 0 Å². The van der Waals surface area contributed by atoms with Gasteiger partial charge in [0.1, 0.15) is 6.61 Å². The van der Waals surface area contributed by atoms with E-state index in [-0.39, 0.29) is 0 Å². The van der Waals surface area contributed by atoms with E-state index in [9.17, 15) is 0 Å². The van der Waals surface area contributed by atoms with E-state index in [1.54, 1.807) is 7.11 Å². The molecule has 1 aliphatic rings. The summed E-state index contributed by atoms with van der Waals surface area (Å²) in [6.45, 7) is 9.24. The number of rotatable bonds is 9. The number of aryl methyl sites for hydroxylation is 1. The lowest BCUT2D eigenvalue weighted by atomic mass is 10.1. The smallest absolute Gasteiger partial charge is 0.161 e. The first-order valence-electron chi connectivity index (χ1n) is 9.61. The summed E-state index contributed by atoms with van der Waals surface area (Å²) in [5, 5.41) is 3.51. The Kier molecular flexibility index (Phi) is 7.51. The number of benzene rings is 2. The summed E-state index contributed by atoms with van der Waals surface area (Å²) in [4.78, 5) is 2.43. The van der Waals surface area contributed by atoms with Gasteiger partial charge in [-0.25, -0.2) is 0 Å². The molecule has 0 amide bonds. The fourth-order valence-corrected chi connectivity index (χ4v) is 3.16. The highest BCUT2D eigenvalue weighted by molar-refractivity contribution is 5.43. The number of hydrogen-bond acceptors (Lipinski definition) is 5. The minimum absolute atomic E-state index is 0.542. The van der Waals surface area contributed by atoms with Crippen LogP contribution in [0.5, 0.6) is 11.5 Å². The molecule has 0 bridgehead atoms. The van der Waals surface area contributed by atoms with Crippen LogP contribution in [0.3, 0.4) is 0 Å². The highest BCUT2D eigenvalue weighted by Crippen LogP contribution is 2.29. The maximum absolute atomic E-state index is 5.99. The zero-order valence-corrected chi connectivity index (χ0v) is 16.4. The standard InChI is InChI=1S/C22H30N2O3/c1-18-5-3-4-6-20(18)17-27-21-8-7-19(15-22(21)25-2)16-23-9-10-24-11-13-26-14-12-24/h3-8,15,23H,9-14,16-17H2,1-2H3. The molecule has 0 saturated carbocycles. The Labute approximate surface area is 162 Å². The van der Waals surface area contributed by atoms with Crippen molar-refractivity contribution in [3.05, 3.63) is 59.2 Å². The topological polar surface area (TPSA) is 43.0 Å². The highest BCUT2D eigenvalue weighted by Gasteiger charge is 2.10. The second kappa shape index (κ2) is 10.3. The normalized spacial score (nSPS) is 14.9. The van der Waals surface area contributed by atoms with Crippen LogP contribution in [0.25, 0.3) is 0 Å². The van der Waals surface area contributed by atoms with Gasteiger partial charge in [-0.05, 0) is 35.7 Å². The summed E-state index contributed by atoms with van der Waals surface area (Å²) in [6.07, 6.45) is 0. The quantitative estimate of drug-likeness (QED) is 0.688. The lowest BCUT2D eigenvalue weighted by Gasteiger charge is -2.26. The summed E-state index contributed by atoms with van der Waals surface area (Å²) < 4.78 is 16.9. The first kappa shape index (κ1) is 19.7. The lowest BCUT2D eigenvalue weighted by Crippen LogP contribution is -2.40. The second-order valence-electron chi connectivity index (χ2n) is 6.83. The Morgan fingerprint density at radius 3 is 2.67 bits per heavy atom. The van der Waals surface area contributed by atoms with Crippen molar-refractivity contribution in [2.75, 3.05) is 46.5 Å². The predicted octanol–water partition coefficient (Wildman–Crippen LogP) is 3.00. The highest BCUT2D eigenvalue weighted by atomic mass is 16.5. The number of hydrogen-bond donors (Lipinski definition) is 1. The third kappa shape index (κ3) is 5.96. The van der Waals surface area contributed by atoms with Crippen molar-refractivity contribution in [3.8, 4) is 11.5 Å². The van der Waals surface area contributed by atoms with Crippen molar-refractivity contribution in [1.29, 1.82) is 0 Å². The molecule has 5 nitrogen and oxygen atoms in total. The third-order valence-corrected chi connectivity index (χ3v) is 4.91. The summed E-state index contributed by atoms with van der Waals surface area (Å²) in [5.74, 6) is 1.55.